The van der Waals surface area contributed by atoms with Crippen molar-refractivity contribution < 1.29 is 39.6 Å². The Kier molecular flexibility index (Phi) is 7.65. The third-order valence-corrected chi connectivity index (χ3v) is 6.92. The first-order chi connectivity index (χ1) is 18.7. The molecule has 0 aliphatic heterocycles. The van der Waals surface area contributed by atoms with Gasteiger partial charge in [-0.2, -0.15) is 26.3 Å². The maximum absolute atomic E-state index is 13.7. The molecule has 1 amide bonds. The summed E-state index contributed by atoms with van der Waals surface area (Å²) in [5.74, 6) is -1.09. The van der Waals surface area contributed by atoms with E-state index < -0.39 is 39.5 Å². The van der Waals surface area contributed by atoms with E-state index in [1.165, 1.54) is 49.5 Å². The van der Waals surface area contributed by atoms with Crippen LogP contribution in [0.25, 0.3) is 33.9 Å². The fraction of sp³-hybridized carbons (Fsp3) is 0.154. The molecular weight excluding hydrogens is 562 g/mol. The van der Waals surface area contributed by atoms with Gasteiger partial charge in [-0.1, -0.05) is 31.2 Å². The highest BCUT2D eigenvalue weighted by Crippen LogP contribution is 2.35. The Morgan fingerprint density at radius 1 is 0.800 bits per heavy atom. The lowest BCUT2D eigenvalue weighted by atomic mass is 10.1. The van der Waals surface area contributed by atoms with Crippen molar-refractivity contribution in [2.24, 2.45) is 0 Å². The molecule has 4 rings (SSSR count). The summed E-state index contributed by atoms with van der Waals surface area (Å²) in [6.45, 7) is 1.48. The van der Waals surface area contributed by atoms with E-state index in [1.54, 1.807) is 0 Å². The van der Waals surface area contributed by atoms with Crippen molar-refractivity contribution in [2.75, 3.05) is 0 Å². The molecule has 0 fully saturated rings. The van der Waals surface area contributed by atoms with Gasteiger partial charge in [-0.05, 0) is 42.5 Å². The minimum Gasteiger partial charge on any atom is -0.274 e. The average molecular weight is 581 g/mol. The molecule has 2 aromatic heterocycles. The van der Waals surface area contributed by atoms with Gasteiger partial charge >= 0.3 is 12.4 Å². The van der Waals surface area contributed by atoms with Crippen LogP contribution in [0.4, 0.5) is 26.3 Å². The predicted molar refractivity (Wildman–Crippen MR) is 132 cm³/mol. The lowest BCUT2D eigenvalue weighted by Gasteiger charge is -2.12. The van der Waals surface area contributed by atoms with Crippen LogP contribution in [-0.2, 0) is 27.2 Å². The number of rotatable bonds is 6. The smallest absolute Gasteiger partial charge is 0.274 e. The molecule has 0 unspecified atom stereocenters. The van der Waals surface area contributed by atoms with Gasteiger partial charge in [0.25, 0.3) is 10.0 Å². The molecular formula is C26H18F6N4O3S. The Bertz CT molecular complexity index is 1670. The topological polar surface area (TPSA) is 102 Å². The summed E-state index contributed by atoms with van der Waals surface area (Å²) in [7, 11) is -4.18. The Balaban J connectivity index is 1.77. The van der Waals surface area contributed by atoms with E-state index >= 15 is 0 Å². The number of benzene rings is 2. The van der Waals surface area contributed by atoms with Crippen LogP contribution in [-0.4, -0.2) is 29.3 Å². The number of nitrogens with one attached hydrogen (secondary N) is 1. The van der Waals surface area contributed by atoms with Crippen LogP contribution in [0.3, 0.4) is 0 Å². The van der Waals surface area contributed by atoms with Gasteiger partial charge in [0.05, 0.1) is 21.8 Å². The number of carbonyl (C=O) groups is 1. The van der Waals surface area contributed by atoms with Crippen molar-refractivity contribution >= 4 is 15.9 Å². The van der Waals surface area contributed by atoms with Gasteiger partial charge in [0.1, 0.15) is 5.69 Å². The minimum absolute atomic E-state index is 0.00321. The molecule has 2 heterocycles. The molecule has 1 N–H and O–H groups in total. The SMILES string of the molecule is CCC(=O)NS(=O)(=O)c1cccc(-c2cc(-c3nc(-c4ccc(C(F)(F)F)cc4)cc(C(F)(F)F)n3)ccn2)c1. The third-order valence-electron chi connectivity index (χ3n) is 5.55. The molecule has 14 heteroatoms. The number of hydrogen-bond donors (Lipinski definition) is 1. The highest BCUT2D eigenvalue weighted by Gasteiger charge is 2.34. The van der Waals surface area contributed by atoms with Crippen molar-refractivity contribution in [1.29, 1.82) is 0 Å². The van der Waals surface area contributed by atoms with Crippen molar-refractivity contribution in [1.82, 2.24) is 19.7 Å². The summed E-state index contributed by atoms with van der Waals surface area (Å²) >= 11 is 0. The Morgan fingerprint density at radius 3 is 2.12 bits per heavy atom. The minimum atomic E-state index is -4.89. The third kappa shape index (κ3) is 6.45. The number of amides is 1. The van der Waals surface area contributed by atoms with E-state index in [-0.39, 0.29) is 45.2 Å². The van der Waals surface area contributed by atoms with Crippen LogP contribution < -0.4 is 4.72 Å². The molecule has 0 radical (unpaired) electrons. The highest BCUT2D eigenvalue weighted by atomic mass is 32.2. The second-order valence-electron chi connectivity index (χ2n) is 8.37. The number of hydrogen-bond acceptors (Lipinski definition) is 6. The highest BCUT2D eigenvalue weighted by molar-refractivity contribution is 7.90. The van der Waals surface area contributed by atoms with Gasteiger partial charge in [-0.3, -0.25) is 9.78 Å². The largest absolute Gasteiger partial charge is 0.433 e. The van der Waals surface area contributed by atoms with Crippen molar-refractivity contribution in [3.05, 3.63) is 84.2 Å². The van der Waals surface area contributed by atoms with E-state index in [1.807, 2.05) is 4.72 Å². The maximum Gasteiger partial charge on any atom is 0.433 e. The molecule has 0 atom stereocenters. The quantitative estimate of drug-likeness (QED) is 0.276. The molecule has 0 aliphatic rings. The van der Waals surface area contributed by atoms with Gasteiger partial charge in [0.2, 0.25) is 5.91 Å². The number of aromatic nitrogens is 3. The number of alkyl halides is 6. The van der Waals surface area contributed by atoms with E-state index in [0.29, 0.717) is 6.07 Å². The van der Waals surface area contributed by atoms with Crippen LogP contribution in [0, 0.1) is 0 Å². The molecule has 0 saturated heterocycles. The number of halogens is 6. The van der Waals surface area contributed by atoms with E-state index in [0.717, 1.165) is 24.3 Å². The Morgan fingerprint density at radius 2 is 1.50 bits per heavy atom. The number of pyridine rings is 1. The first-order valence-corrected chi connectivity index (χ1v) is 12.9. The molecule has 208 valence electrons. The molecule has 0 saturated carbocycles. The van der Waals surface area contributed by atoms with Gasteiger partial charge in [0.15, 0.2) is 5.82 Å². The number of carbonyl (C=O) groups excluding carboxylic acids is 1. The summed E-state index contributed by atoms with van der Waals surface area (Å²) in [6.07, 6.45) is -8.32. The van der Waals surface area contributed by atoms with Crippen LogP contribution in [0.2, 0.25) is 0 Å². The average Bonchev–Trinajstić information content (AvgIpc) is 2.92. The van der Waals surface area contributed by atoms with E-state index in [4.69, 9.17) is 0 Å². The fourth-order valence-corrected chi connectivity index (χ4v) is 4.63. The molecule has 0 aliphatic carbocycles. The van der Waals surface area contributed by atoms with Crippen molar-refractivity contribution in [3.63, 3.8) is 0 Å². The lowest BCUT2D eigenvalue weighted by Crippen LogP contribution is -2.29. The second-order valence-corrected chi connectivity index (χ2v) is 10.1. The summed E-state index contributed by atoms with van der Waals surface area (Å²) in [5.41, 5.74) is -2.04. The van der Waals surface area contributed by atoms with Crippen molar-refractivity contribution in [2.45, 2.75) is 30.6 Å². The summed E-state index contributed by atoms with van der Waals surface area (Å²) in [5, 5.41) is 0. The zero-order chi connectivity index (χ0) is 29.3. The molecule has 7 nitrogen and oxygen atoms in total. The molecule has 2 aromatic carbocycles. The Labute approximate surface area is 224 Å². The standard InChI is InChI=1S/C26H18F6N4O3S/c1-2-23(37)36-40(38,39)19-5-3-4-16(12-19)20-13-17(10-11-33-20)24-34-21(14-22(35-24)26(30,31)32)15-6-8-18(9-7-15)25(27,28)29/h3-14H,2H2,1H3,(H,36,37). The van der Waals surface area contributed by atoms with Gasteiger partial charge in [0, 0.05) is 29.3 Å². The fourth-order valence-electron chi connectivity index (χ4n) is 3.53. The maximum atomic E-state index is 13.7. The lowest BCUT2D eigenvalue weighted by molar-refractivity contribution is -0.141. The first-order valence-electron chi connectivity index (χ1n) is 11.4. The molecule has 4 aromatic rings. The molecule has 40 heavy (non-hydrogen) atoms. The van der Waals surface area contributed by atoms with Crippen LogP contribution in [0.15, 0.2) is 77.8 Å². The monoisotopic (exact) mass is 580 g/mol. The summed E-state index contributed by atoms with van der Waals surface area (Å²) in [4.78, 5) is 23.3. The van der Waals surface area contributed by atoms with Gasteiger partial charge in [-0.15, -0.1) is 0 Å². The number of sulfonamides is 1. The van der Waals surface area contributed by atoms with Crippen LogP contribution in [0.5, 0.6) is 0 Å². The van der Waals surface area contributed by atoms with Gasteiger partial charge in [-0.25, -0.2) is 23.1 Å². The first kappa shape index (κ1) is 28.7. The van der Waals surface area contributed by atoms with Crippen LogP contribution in [0.1, 0.15) is 24.6 Å². The summed E-state index contributed by atoms with van der Waals surface area (Å²) < 4.78 is 107. The van der Waals surface area contributed by atoms with Gasteiger partial charge < -0.3 is 0 Å². The number of nitrogens with zero attached hydrogens (tertiary/aromatic N) is 3. The molecule has 0 spiro atoms. The summed E-state index contributed by atoms with van der Waals surface area (Å²) in [6, 6.07) is 12.2. The zero-order valence-electron chi connectivity index (χ0n) is 20.4. The Hall–Kier alpha value is -4.33. The normalized spacial score (nSPS) is 12.3. The zero-order valence-corrected chi connectivity index (χ0v) is 21.2. The van der Waals surface area contributed by atoms with E-state index in [2.05, 4.69) is 15.0 Å². The van der Waals surface area contributed by atoms with Crippen molar-refractivity contribution in [3.8, 4) is 33.9 Å². The van der Waals surface area contributed by atoms with Crippen LogP contribution >= 0.6 is 0 Å². The predicted octanol–water partition coefficient (Wildman–Crippen LogP) is 6.13. The van der Waals surface area contributed by atoms with E-state index in [9.17, 15) is 39.6 Å². The second kappa shape index (κ2) is 10.7. The molecule has 0 bridgehead atoms.